The molecule has 0 aliphatic carbocycles. The molecule has 0 aliphatic rings. The Kier molecular flexibility index (Phi) is 6.78. The molecule has 0 bridgehead atoms. The maximum atomic E-state index is 12.2. The third-order valence-electron chi connectivity index (χ3n) is 3.31. The minimum Gasteiger partial charge on any atom is -0.467 e. The fourth-order valence-corrected chi connectivity index (χ4v) is 3.28. The van der Waals surface area contributed by atoms with Gasteiger partial charge in [-0.3, -0.25) is 9.59 Å². The van der Waals surface area contributed by atoms with Gasteiger partial charge in [0.2, 0.25) is 21.8 Å². The molecular weight excluding hydrogens is 382 g/mol. The summed E-state index contributed by atoms with van der Waals surface area (Å²) in [6, 6.07) is 7.86. The zero-order valence-corrected chi connectivity index (χ0v) is 15.4. The van der Waals surface area contributed by atoms with Crippen LogP contribution in [0, 0.1) is 0 Å². The molecule has 8 nitrogen and oxygen atoms in total. The van der Waals surface area contributed by atoms with E-state index < -0.39 is 27.9 Å². The summed E-state index contributed by atoms with van der Waals surface area (Å²) in [5, 5.41) is 5.32. The lowest BCUT2D eigenvalue weighted by atomic mass is 10.3. The lowest BCUT2D eigenvalue weighted by Gasteiger charge is -2.14. The maximum absolute atomic E-state index is 12.2. The third kappa shape index (κ3) is 5.87. The minimum absolute atomic E-state index is 0.0160. The van der Waals surface area contributed by atoms with Gasteiger partial charge in [0.1, 0.15) is 5.76 Å². The number of carbonyl (C=O) groups excluding carboxylic acids is 2. The Balaban J connectivity index is 1.81. The van der Waals surface area contributed by atoms with Crippen molar-refractivity contribution >= 4 is 33.4 Å². The van der Waals surface area contributed by atoms with Crippen molar-refractivity contribution < 1.29 is 22.4 Å². The molecule has 1 heterocycles. The molecule has 10 heteroatoms. The molecule has 1 atom stereocenters. The number of rotatable bonds is 8. The van der Waals surface area contributed by atoms with E-state index in [2.05, 4.69) is 15.4 Å². The van der Waals surface area contributed by atoms with Crippen LogP contribution < -0.4 is 15.4 Å². The topological polar surface area (TPSA) is 118 Å². The van der Waals surface area contributed by atoms with Gasteiger partial charge in [-0.05, 0) is 43.3 Å². The Hall–Kier alpha value is -2.36. The SMILES string of the molecule is C[C@H](NS(=O)(=O)c1ccc(Cl)cc1)C(=O)NCC(=O)NCc1ccco1. The van der Waals surface area contributed by atoms with Crippen molar-refractivity contribution in [3.8, 4) is 0 Å². The fraction of sp³-hybridized carbons (Fsp3) is 0.250. The van der Waals surface area contributed by atoms with Crippen molar-refractivity contribution in [1.29, 1.82) is 0 Å². The van der Waals surface area contributed by atoms with Gasteiger partial charge in [0.15, 0.2) is 0 Å². The van der Waals surface area contributed by atoms with E-state index in [9.17, 15) is 18.0 Å². The summed E-state index contributed by atoms with van der Waals surface area (Å²) in [7, 11) is -3.88. The number of furan rings is 1. The summed E-state index contributed by atoms with van der Waals surface area (Å²) in [6.45, 7) is 1.29. The van der Waals surface area contributed by atoms with Crippen LogP contribution in [0.4, 0.5) is 0 Å². The Morgan fingerprint density at radius 3 is 2.46 bits per heavy atom. The van der Waals surface area contributed by atoms with Gasteiger partial charge in [-0.25, -0.2) is 8.42 Å². The maximum Gasteiger partial charge on any atom is 0.241 e. The molecule has 0 spiro atoms. The number of halogens is 1. The highest BCUT2D eigenvalue weighted by atomic mass is 35.5. The first-order valence-electron chi connectivity index (χ1n) is 7.62. The van der Waals surface area contributed by atoms with Crippen LogP contribution in [0.5, 0.6) is 0 Å². The number of hydrogen-bond donors (Lipinski definition) is 3. The van der Waals surface area contributed by atoms with Crippen molar-refractivity contribution in [2.45, 2.75) is 24.4 Å². The molecule has 2 aromatic rings. The second kappa shape index (κ2) is 8.84. The zero-order chi connectivity index (χ0) is 19.2. The largest absolute Gasteiger partial charge is 0.467 e. The van der Waals surface area contributed by atoms with E-state index in [0.29, 0.717) is 10.8 Å². The Bertz CT molecular complexity index is 851. The number of hydrogen-bond acceptors (Lipinski definition) is 5. The average Bonchev–Trinajstić information content (AvgIpc) is 3.11. The van der Waals surface area contributed by atoms with Gasteiger partial charge >= 0.3 is 0 Å². The highest BCUT2D eigenvalue weighted by Crippen LogP contribution is 2.14. The molecule has 0 fully saturated rings. The Morgan fingerprint density at radius 1 is 1.15 bits per heavy atom. The predicted octanol–water partition coefficient (Wildman–Crippen LogP) is 1.03. The van der Waals surface area contributed by atoms with E-state index in [1.54, 1.807) is 12.1 Å². The Morgan fingerprint density at radius 2 is 1.85 bits per heavy atom. The van der Waals surface area contributed by atoms with Gasteiger partial charge in [-0.15, -0.1) is 0 Å². The summed E-state index contributed by atoms with van der Waals surface area (Å²) < 4.78 is 31.7. The highest BCUT2D eigenvalue weighted by Gasteiger charge is 2.22. The molecule has 1 aromatic carbocycles. The monoisotopic (exact) mass is 399 g/mol. The van der Waals surface area contributed by atoms with E-state index in [1.807, 2.05) is 0 Å². The molecule has 140 valence electrons. The highest BCUT2D eigenvalue weighted by molar-refractivity contribution is 7.89. The number of benzene rings is 1. The van der Waals surface area contributed by atoms with Crippen LogP contribution in [0.2, 0.25) is 5.02 Å². The second-order valence-corrected chi connectivity index (χ2v) is 7.52. The molecule has 0 saturated heterocycles. The van der Waals surface area contributed by atoms with Gasteiger partial charge in [-0.1, -0.05) is 11.6 Å². The van der Waals surface area contributed by atoms with E-state index in [4.69, 9.17) is 16.0 Å². The molecular formula is C16H18ClN3O5S. The molecule has 0 aliphatic heterocycles. The number of amides is 2. The van der Waals surface area contributed by atoms with Crippen molar-refractivity contribution in [1.82, 2.24) is 15.4 Å². The van der Waals surface area contributed by atoms with Crippen LogP contribution in [0.15, 0.2) is 52.0 Å². The summed E-state index contributed by atoms with van der Waals surface area (Å²) >= 11 is 5.72. The fourth-order valence-electron chi connectivity index (χ4n) is 1.95. The normalized spacial score (nSPS) is 12.4. The second-order valence-electron chi connectivity index (χ2n) is 5.37. The first kappa shape index (κ1) is 20.0. The van der Waals surface area contributed by atoms with Gasteiger partial charge in [-0.2, -0.15) is 4.72 Å². The van der Waals surface area contributed by atoms with Crippen LogP contribution in [0.3, 0.4) is 0 Å². The van der Waals surface area contributed by atoms with E-state index in [-0.39, 0.29) is 18.0 Å². The summed E-state index contributed by atoms with van der Waals surface area (Å²) in [5.41, 5.74) is 0. The average molecular weight is 400 g/mol. The van der Waals surface area contributed by atoms with E-state index >= 15 is 0 Å². The molecule has 0 radical (unpaired) electrons. The minimum atomic E-state index is -3.88. The van der Waals surface area contributed by atoms with Gasteiger partial charge < -0.3 is 15.1 Å². The number of carbonyl (C=O) groups is 2. The standard InChI is InChI=1S/C16H18ClN3O5S/c1-11(20-26(23,24)14-6-4-12(17)5-7-14)16(22)19-10-15(21)18-9-13-3-2-8-25-13/h2-8,11,20H,9-10H2,1H3,(H,18,21)(H,19,22)/t11-/m0/s1. The molecule has 2 rings (SSSR count). The smallest absolute Gasteiger partial charge is 0.241 e. The molecule has 3 N–H and O–H groups in total. The summed E-state index contributed by atoms with van der Waals surface area (Å²) in [4.78, 5) is 23.7. The molecule has 1 aromatic heterocycles. The number of sulfonamides is 1. The molecule has 26 heavy (non-hydrogen) atoms. The lowest BCUT2D eigenvalue weighted by Crippen LogP contribution is -2.47. The molecule has 0 unspecified atom stereocenters. The third-order valence-corrected chi connectivity index (χ3v) is 5.12. The lowest BCUT2D eigenvalue weighted by molar-refractivity contribution is -0.126. The van der Waals surface area contributed by atoms with Crippen molar-refractivity contribution in [2.24, 2.45) is 0 Å². The van der Waals surface area contributed by atoms with Crippen molar-refractivity contribution in [3.05, 3.63) is 53.4 Å². The number of nitrogens with one attached hydrogen (secondary N) is 3. The summed E-state index contributed by atoms with van der Waals surface area (Å²) in [6.07, 6.45) is 1.48. The first-order valence-corrected chi connectivity index (χ1v) is 9.49. The quantitative estimate of drug-likeness (QED) is 0.612. The van der Waals surface area contributed by atoms with Crippen LogP contribution in [0.1, 0.15) is 12.7 Å². The Labute approximate surface area is 156 Å². The van der Waals surface area contributed by atoms with Gasteiger partial charge in [0, 0.05) is 5.02 Å². The van der Waals surface area contributed by atoms with Gasteiger partial charge in [0.05, 0.1) is 30.3 Å². The molecule has 2 amide bonds. The molecule has 0 saturated carbocycles. The zero-order valence-electron chi connectivity index (χ0n) is 13.9. The first-order chi connectivity index (χ1) is 12.3. The van der Waals surface area contributed by atoms with Crippen LogP contribution in [0.25, 0.3) is 0 Å². The summed E-state index contributed by atoms with van der Waals surface area (Å²) in [5.74, 6) is -0.480. The predicted molar refractivity (Wildman–Crippen MR) is 94.8 cm³/mol. The van der Waals surface area contributed by atoms with Gasteiger partial charge in [0.25, 0.3) is 0 Å². The van der Waals surface area contributed by atoms with Crippen molar-refractivity contribution in [3.63, 3.8) is 0 Å². The van der Waals surface area contributed by atoms with Crippen molar-refractivity contribution in [2.75, 3.05) is 6.54 Å². The van der Waals surface area contributed by atoms with E-state index in [1.165, 1.54) is 37.5 Å². The van der Waals surface area contributed by atoms with Crippen LogP contribution >= 0.6 is 11.6 Å². The van der Waals surface area contributed by atoms with Crippen LogP contribution in [-0.2, 0) is 26.2 Å². The van der Waals surface area contributed by atoms with E-state index in [0.717, 1.165) is 0 Å². The van der Waals surface area contributed by atoms with Crippen LogP contribution in [-0.4, -0.2) is 32.8 Å².